The quantitative estimate of drug-likeness (QED) is 0.845. The second-order valence-electron chi connectivity index (χ2n) is 6.59. The highest BCUT2D eigenvalue weighted by Gasteiger charge is 2.30. The number of nitrogens with one attached hydrogen (secondary N) is 1. The van der Waals surface area contributed by atoms with E-state index in [9.17, 15) is 13.2 Å². The highest BCUT2D eigenvalue weighted by molar-refractivity contribution is 7.90. The molecule has 122 valence electrons. The van der Waals surface area contributed by atoms with Gasteiger partial charge in [0, 0.05) is 25.4 Å². The van der Waals surface area contributed by atoms with Gasteiger partial charge in [0.25, 0.3) is 0 Å². The Morgan fingerprint density at radius 3 is 2.52 bits per heavy atom. The number of carbonyl (C=O) groups excluding carboxylic acids is 1. The number of carbonyl (C=O) groups is 1. The average Bonchev–Trinajstić information content (AvgIpc) is 2.86. The smallest absolute Gasteiger partial charge is 0.317 e. The van der Waals surface area contributed by atoms with Crippen LogP contribution in [0.1, 0.15) is 51.4 Å². The Morgan fingerprint density at radius 1 is 1.14 bits per heavy atom. The van der Waals surface area contributed by atoms with Crippen LogP contribution in [0.2, 0.25) is 0 Å². The van der Waals surface area contributed by atoms with Crippen LogP contribution in [0.4, 0.5) is 4.79 Å². The molecule has 0 aromatic heterocycles. The molecule has 1 aliphatic carbocycles. The Morgan fingerprint density at radius 2 is 1.86 bits per heavy atom. The zero-order valence-corrected chi connectivity index (χ0v) is 13.8. The number of hydrogen-bond acceptors (Lipinski definition) is 3. The van der Waals surface area contributed by atoms with Crippen LogP contribution in [0, 0.1) is 5.92 Å². The van der Waals surface area contributed by atoms with Crippen molar-refractivity contribution < 1.29 is 13.2 Å². The van der Waals surface area contributed by atoms with Crippen LogP contribution in [0.15, 0.2) is 0 Å². The SMILES string of the molecule is CS(=O)(=O)CCNC(=O)N1CCC[C@H]1CC1CCCCC1. The third-order valence-electron chi connectivity index (χ3n) is 4.72. The molecule has 1 saturated heterocycles. The summed E-state index contributed by atoms with van der Waals surface area (Å²) in [5, 5.41) is 2.76. The number of sulfone groups is 1. The molecular formula is C15H28N2O3S. The zero-order chi connectivity index (χ0) is 15.3. The van der Waals surface area contributed by atoms with Crippen molar-refractivity contribution in [2.45, 2.75) is 57.4 Å². The molecule has 5 nitrogen and oxygen atoms in total. The first-order chi connectivity index (χ1) is 9.96. The van der Waals surface area contributed by atoms with Gasteiger partial charge in [0.2, 0.25) is 0 Å². The lowest BCUT2D eigenvalue weighted by atomic mass is 9.84. The summed E-state index contributed by atoms with van der Waals surface area (Å²) in [7, 11) is -3.01. The standard InChI is InChI=1S/C15H28N2O3S/c1-21(19,20)11-9-16-15(18)17-10-5-8-14(17)12-13-6-3-2-4-7-13/h13-14H,2-12H2,1H3,(H,16,18)/t14-/m0/s1. The van der Waals surface area contributed by atoms with E-state index >= 15 is 0 Å². The van der Waals surface area contributed by atoms with Crippen LogP contribution in [-0.2, 0) is 9.84 Å². The van der Waals surface area contributed by atoms with Crippen LogP contribution in [0.3, 0.4) is 0 Å². The normalized spacial score (nSPS) is 24.2. The molecule has 2 rings (SSSR count). The number of rotatable bonds is 5. The van der Waals surface area contributed by atoms with Crippen LogP contribution >= 0.6 is 0 Å². The molecule has 21 heavy (non-hydrogen) atoms. The molecule has 2 amide bonds. The molecule has 1 N–H and O–H groups in total. The second-order valence-corrected chi connectivity index (χ2v) is 8.85. The van der Waals surface area contributed by atoms with Gasteiger partial charge in [-0.3, -0.25) is 0 Å². The summed E-state index contributed by atoms with van der Waals surface area (Å²) in [6.45, 7) is 1.02. The fraction of sp³-hybridized carbons (Fsp3) is 0.933. The predicted octanol–water partition coefficient (Wildman–Crippen LogP) is 2.18. The first-order valence-corrected chi connectivity index (χ1v) is 10.2. The Hall–Kier alpha value is -0.780. The van der Waals surface area contributed by atoms with E-state index in [1.807, 2.05) is 4.90 Å². The molecule has 1 heterocycles. The Bertz CT molecular complexity index is 444. The maximum Gasteiger partial charge on any atom is 0.317 e. The first-order valence-electron chi connectivity index (χ1n) is 8.18. The third kappa shape index (κ3) is 5.49. The molecule has 1 saturated carbocycles. The van der Waals surface area contributed by atoms with Gasteiger partial charge in [-0.2, -0.15) is 0 Å². The van der Waals surface area contributed by atoms with Crippen LogP contribution in [0.5, 0.6) is 0 Å². The van der Waals surface area contributed by atoms with E-state index in [1.165, 1.54) is 38.4 Å². The van der Waals surface area contributed by atoms with Gasteiger partial charge >= 0.3 is 6.03 Å². The lowest BCUT2D eigenvalue weighted by molar-refractivity contribution is 0.178. The van der Waals surface area contributed by atoms with Crippen molar-refractivity contribution in [2.75, 3.05) is 25.1 Å². The number of nitrogens with zero attached hydrogens (tertiary/aromatic N) is 1. The Balaban J connectivity index is 1.78. The average molecular weight is 316 g/mol. The van der Waals surface area contributed by atoms with Crippen molar-refractivity contribution in [1.29, 1.82) is 0 Å². The highest BCUT2D eigenvalue weighted by atomic mass is 32.2. The van der Waals surface area contributed by atoms with Crippen molar-refractivity contribution in [3.8, 4) is 0 Å². The van der Waals surface area contributed by atoms with Crippen molar-refractivity contribution in [2.24, 2.45) is 5.92 Å². The summed E-state index contributed by atoms with van der Waals surface area (Å²) in [6.07, 6.45) is 11.1. The molecule has 6 heteroatoms. The Kier molecular flexibility index (Phi) is 5.90. The van der Waals surface area contributed by atoms with E-state index in [2.05, 4.69) is 5.32 Å². The minimum atomic E-state index is -3.01. The van der Waals surface area contributed by atoms with E-state index < -0.39 is 9.84 Å². The molecular weight excluding hydrogens is 288 g/mol. The van der Waals surface area contributed by atoms with Gasteiger partial charge < -0.3 is 10.2 Å². The van der Waals surface area contributed by atoms with Gasteiger partial charge in [0.05, 0.1) is 5.75 Å². The number of amides is 2. The number of likely N-dealkylation sites (tertiary alicyclic amines) is 1. The fourth-order valence-electron chi connectivity index (χ4n) is 3.60. The predicted molar refractivity (Wildman–Crippen MR) is 84.0 cm³/mol. The summed E-state index contributed by atoms with van der Waals surface area (Å²) in [5.41, 5.74) is 0. The van der Waals surface area contributed by atoms with Gasteiger partial charge in [-0.25, -0.2) is 13.2 Å². The van der Waals surface area contributed by atoms with Gasteiger partial charge in [-0.1, -0.05) is 32.1 Å². The summed E-state index contributed by atoms with van der Waals surface area (Å²) in [5.74, 6) is 0.785. The molecule has 2 fully saturated rings. The number of hydrogen-bond donors (Lipinski definition) is 1. The first kappa shape index (κ1) is 16.6. The molecule has 1 aliphatic heterocycles. The van der Waals surface area contributed by atoms with E-state index in [4.69, 9.17) is 0 Å². The van der Waals surface area contributed by atoms with Gasteiger partial charge in [-0.05, 0) is 25.2 Å². The van der Waals surface area contributed by atoms with Crippen molar-refractivity contribution in [1.82, 2.24) is 10.2 Å². The van der Waals surface area contributed by atoms with Crippen LogP contribution in [-0.4, -0.2) is 50.5 Å². The summed E-state index contributed by atoms with van der Waals surface area (Å²) in [6, 6.07) is 0.267. The lowest BCUT2D eigenvalue weighted by Crippen LogP contribution is -2.44. The van der Waals surface area contributed by atoms with E-state index in [-0.39, 0.29) is 18.3 Å². The maximum atomic E-state index is 12.2. The second kappa shape index (κ2) is 7.47. The largest absolute Gasteiger partial charge is 0.337 e. The van der Waals surface area contributed by atoms with E-state index in [0.717, 1.165) is 31.7 Å². The number of urea groups is 1. The highest BCUT2D eigenvalue weighted by Crippen LogP contribution is 2.31. The monoisotopic (exact) mass is 316 g/mol. The maximum absolute atomic E-state index is 12.2. The van der Waals surface area contributed by atoms with Crippen molar-refractivity contribution in [3.05, 3.63) is 0 Å². The minimum Gasteiger partial charge on any atom is -0.337 e. The van der Waals surface area contributed by atoms with E-state index in [1.54, 1.807) is 0 Å². The van der Waals surface area contributed by atoms with Crippen molar-refractivity contribution >= 4 is 15.9 Å². The molecule has 2 aliphatic rings. The molecule has 0 unspecified atom stereocenters. The van der Waals surface area contributed by atoms with Crippen LogP contribution in [0.25, 0.3) is 0 Å². The van der Waals surface area contributed by atoms with E-state index in [0.29, 0.717) is 6.04 Å². The molecule has 0 bridgehead atoms. The molecule has 0 spiro atoms. The summed E-state index contributed by atoms with van der Waals surface area (Å²) in [4.78, 5) is 14.1. The zero-order valence-electron chi connectivity index (χ0n) is 13.0. The lowest BCUT2D eigenvalue weighted by Gasteiger charge is -2.30. The fourth-order valence-corrected chi connectivity index (χ4v) is 4.07. The van der Waals surface area contributed by atoms with Crippen molar-refractivity contribution in [3.63, 3.8) is 0 Å². The minimum absolute atomic E-state index is 0.0138. The third-order valence-corrected chi connectivity index (χ3v) is 5.66. The van der Waals surface area contributed by atoms with Crippen LogP contribution < -0.4 is 5.32 Å². The topological polar surface area (TPSA) is 66.5 Å². The molecule has 0 aromatic carbocycles. The molecule has 0 aromatic rings. The summed E-state index contributed by atoms with van der Waals surface area (Å²) < 4.78 is 22.2. The summed E-state index contributed by atoms with van der Waals surface area (Å²) >= 11 is 0. The molecule has 0 radical (unpaired) electrons. The van der Waals surface area contributed by atoms with Gasteiger partial charge in [-0.15, -0.1) is 0 Å². The van der Waals surface area contributed by atoms with Gasteiger partial charge in [0.1, 0.15) is 9.84 Å². The molecule has 1 atom stereocenters. The Labute approximate surface area is 128 Å². The van der Waals surface area contributed by atoms with Gasteiger partial charge in [0.15, 0.2) is 0 Å².